The van der Waals surface area contributed by atoms with Crippen molar-refractivity contribution in [1.82, 2.24) is 9.80 Å². The van der Waals surface area contributed by atoms with Crippen LogP contribution in [0.5, 0.6) is 5.75 Å². The Labute approximate surface area is 147 Å². The minimum absolute atomic E-state index is 0.00921. The summed E-state index contributed by atoms with van der Waals surface area (Å²) in [4.78, 5) is 17.0. The van der Waals surface area contributed by atoms with Crippen LogP contribution in [0, 0.1) is 0 Å². The van der Waals surface area contributed by atoms with E-state index < -0.39 is 0 Å². The maximum Gasteiger partial charge on any atom is 0.266 e. The molecule has 4 nitrogen and oxygen atoms in total. The number of hydrogen-bond acceptors (Lipinski definition) is 5. The van der Waals surface area contributed by atoms with E-state index in [1.54, 1.807) is 4.90 Å². The summed E-state index contributed by atoms with van der Waals surface area (Å²) in [5.74, 6) is 0.776. The molecular weight excluding hydrogens is 328 g/mol. The van der Waals surface area contributed by atoms with Crippen molar-refractivity contribution in [2.45, 2.75) is 13.3 Å². The van der Waals surface area contributed by atoms with Gasteiger partial charge in [-0.1, -0.05) is 42.2 Å². The van der Waals surface area contributed by atoms with Crippen molar-refractivity contribution in [2.24, 2.45) is 0 Å². The van der Waals surface area contributed by atoms with Gasteiger partial charge in [-0.3, -0.25) is 9.69 Å². The predicted octanol–water partition coefficient (Wildman–Crippen LogP) is 3.24. The van der Waals surface area contributed by atoms with Gasteiger partial charge in [0.1, 0.15) is 10.1 Å². The molecule has 0 bridgehead atoms. The Hall–Kier alpha value is -1.37. The van der Waals surface area contributed by atoms with E-state index in [1.165, 1.54) is 11.8 Å². The lowest BCUT2D eigenvalue weighted by Gasteiger charge is -2.16. The van der Waals surface area contributed by atoms with Crippen molar-refractivity contribution in [3.63, 3.8) is 0 Å². The third kappa shape index (κ3) is 4.80. The van der Waals surface area contributed by atoms with Gasteiger partial charge < -0.3 is 9.64 Å². The fourth-order valence-electron chi connectivity index (χ4n) is 2.27. The molecule has 0 aliphatic carbocycles. The third-order valence-corrected chi connectivity index (χ3v) is 4.74. The van der Waals surface area contributed by atoms with Crippen LogP contribution in [0.15, 0.2) is 29.2 Å². The van der Waals surface area contributed by atoms with Crippen LogP contribution in [-0.2, 0) is 4.79 Å². The fourth-order valence-corrected chi connectivity index (χ4v) is 3.57. The predicted molar refractivity (Wildman–Crippen MR) is 101 cm³/mol. The normalized spacial score (nSPS) is 16.7. The lowest BCUT2D eigenvalue weighted by molar-refractivity contribution is -0.122. The molecule has 2 rings (SSSR count). The Morgan fingerprint density at radius 2 is 2.09 bits per heavy atom. The number of rotatable bonds is 7. The Bertz CT molecular complexity index is 614. The molecule has 6 heteroatoms. The first-order valence-electron chi connectivity index (χ1n) is 7.65. The second-order valence-corrected chi connectivity index (χ2v) is 7.14. The van der Waals surface area contributed by atoms with Crippen molar-refractivity contribution in [2.75, 3.05) is 33.8 Å². The first kappa shape index (κ1) is 18.0. The van der Waals surface area contributed by atoms with Crippen LogP contribution in [0.25, 0.3) is 6.08 Å². The highest BCUT2D eigenvalue weighted by Gasteiger charge is 2.31. The van der Waals surface area contributed by atoms with Gasteiger partial charge in [0.05, 0.1) is 11.5 Å². The number of amides is 1. The van der Waals surface area contributed by atoms with E-state index in [2.05, 4.69) is 4.90 Å². The molecule has 23 heavy (non-hydrogen) atoms. The maximum atomic E-state index is 12.6. The van der Waals surface area contributed by atoms with E-state index >= 15 is 0 Å². The summed E-state index contributed by atoms with van der Waals surface area (Å²) < 4.78 is 6.24. The van der Waals surface area contributed by atoms with Gasteiger partial charge in [0.2, 0.25) is 0 Å². The van der Waals surface area contributed by atoms with Crippen LogP contribution in [0.1, 0.15) is 18.9 Å². The van der Waals surface area contributed by atoms with Gasteiger partial charge >= 0.3 is 0 Å². The SMILES string of the molecule is CCOc1ccccc1/C=C1\SC(=S)N(CCCN(C)C)C1=O. The number of para-hydroxylation sites is 1. The summed E-state index contributed by atoms with van der Waals surface area (Å²) >= 11 is 6.72. The van der Waals surface area contributed by atoms with Crippen LogP contribution < -0.4 is 4.74 Å². The highest BCUT2D eigenvalue weighted by atomic mass is 32.2. The molecular formula is C17H22N2O2S2. The van der Waals surface area contributed by atoms with E-state index in [1.807, 2.05) is 51.4 Å². The second-order valence-electron chi connectivity index (χ2n) is 5.46. The quantitative estimate of drug-likeness (QED) is 0.557. The van der Waals surface area contributed by atoms with Crippen molar-refractivity contribution >= 4 is 40.3 Å². The molecule has 1 heterocycles. The molecule has 1 aromatic rings. The summed E-state index contributed by atoms with van der Waals surface area (Å²) in [6.07, 6.45) is 2.78. The number of ether oxygens (including phenoxy) is 1. The average molecular weight is 351 g/mol. The summed E-state index contributed by atoms with van der Waals surface area (Å²) in [7, 11) is 4.05. The molecule has 0 radical (unpaired) electrons. The molecule has 0 unspecified atom stereocenters. The van der Waals surface area contributed by atoms with Gasteiger partial charge in [0.25, 0.3) is 5.91 Å². The fraction of sp³-hybridized carbons (Fsp3) is 0.412. The number of carbonyl (C=O) groups is 1. The van der Waals surface area contributed by atoms with Crippen LogP contribution in [0.3, 0.4) is 0 Å². The van der Waals surface area contributed by atoms with Gasteiger partial charge in [0, 0.05) is 12.1 Å². The van der Waals surface area contributed by atoms with Crippen molar-refractivity contribution in [3.8, 4) is 5.75 Å². The molecule has 1 saturated heterocycles. The number of thiocarbonyl (C=S) groups is 1. The molecule has 1 fully saturated rings. The molecule has 0 spiro atoms. The van der Waals surface area contributed by atoms with Crippen LogP contribution in [0.2, 0.25) is 0 Å². The largest absolute Gasteiger partial charge is 0.493 e. The van der Waals surface area contributed by atoms with Gasteiger partial charge in [-0.15, -0.1) is 0 Å². The molecule has 0 saturated carbocycles. The van der Waals surface area contributed by atoms with E-state index in [0.717, 1.165) is 24.3 Å². The standard InChI is InChI=1S/C17H22N2O2S2/c1-4-21-14-9-6-5-8-13(14)12-15-16(20)19(17(22)23-15)11-7-10-18(2)3/h5-6,8-9,12H,4,7,10-11H2,1-3H3/b15-12-. The van der Waals surface area contributed by atoms with Gasteiger partial charge in [0.15, 0.2) is 0 Å². The molecule has 0 aromatic heterocycles. The number of carbonyl (C=O) groups excluding carboxylic acids is 1. The summed E-state index contributed by atoms with van der Waals surface area (Å²) in [6.45, 7) is 4.13. The van der Waals surface area contributed by atoms with Crippen LogP contribution >= 0.6 is 24.0 Å². The Balaban J connectivity index is 2.12. The van der Waals surface area contributed by atoms with Crippen LogP contribution in [-0.4, -0.2) is 53.8 Å². The molecule has 1 amide bonds. The molecule has 0 atom stereocenters. The molecule has 0 N–H and O–H groups in total. The number of hydrogen-bond donors (Lipinski definition) is 0. The van der Waals surface area contributed by atoms with Crippen LogP contribution in [0.4, 0.5) is 0 Å². The second kappa shape index (κ2) is 8.47. The third-order valence-electron chi connectivity index (χ3n) is 3.37. The molecule has 1 aromatic carbocycles. The Morgan fingerprint density at radius 3 is 2.78 bits per heavy atom. The lowest BCUT2D eigenvalue weighted by Crippen LogP contribution is -2.30. The van der Waals surface area contributed by atoms with Gasteiger partial charge in [-0.25, -0.2) is 0 Å². The van der Waals surface area contributed by atoms with E-state index in [4.69, 9.17) is 17.0 Å². The molecule has 1 aliphatic heterocycles. The van der Waals surface area contributed by atoms with Gasteiger partial charge in [-0.05, 0) is 46.1 Å². The topological polar surface area (TPSA) is 32.8 Å². The smallest absolute Gasteiger partial charge is 0.266 e. The monoisotopic (exact) mass is 350 g/mol. The average Bonchev–Trinajstić information content (AvgIpc) is 2.76. The minimum atomic E-state index is -0.00921. The first-order chi connectivity index (χ1) is 11.0. The summed E-state index contributed by atoms with van der Waals surface area (Å²) in [6, 6.07) is 7.72. The first-order valence-corrected chi connectivity index (χ1v) is 8.87. The number of benzene rings is 1. The molecule has 1 aliphatic rings. The number of nitrogens with zero attached hydrogens (tertiary/aromatic N) is 2. The number of thioether (sulfide) groups is 1. The minimum Gasteiger partial charge on any atom is -0.493 e. The van der Waals surface area contributed by atoms with E-state index in [-0.39, 0.29) is 5.91 Å². The lowest BCUT2D eigenvalue weighted by atomic mass is 10.2. The highest BCUT2D eigenvalue weighted by Crippen LogP contribution is 2.34. The summed E-state index contributed by atoms with van der Waals surface area (Å²) in [5.41, 5.74) is 0.906. The van der Waals surface area contributed by atoms with E-state index in [0.29, 0.717) is 22.4 Å². The maximum absolute atomic E-state index is 12.6. The highest BCUT2D eigenvalue weighted by molar-refractivity contribution is 8.26. The zero-order chi connectivity index (χ0) is 16.8. The van der Waals surface area contributed by atoms with Gasteiger partial charge in [-0.2, -0.15) is 0 Å². The Morgan fingerprint density at radius 1 is 1.35 bits per heavy atom. The van der Waals surface area contributed by atoms with Crippen molar-refractivity contribution in [1.29, 1.82) is 0 Å². The van der Waals surface area contributed by atoms with E-state index in [9.17, 15) is 4.79 Å². The zero-order valence-electron chi connectivity index (χ0n) is 13.7. The van der Waals surface area contributed by atoms with Crippen molar-refractivity contribution in [3.05, 3.63) is 34.7 Å². The van der Waals surface area contributed by atoms with Crippen molar-refractivity contribution < 1.29 is 9.53 Å². The zero-order valence-corrected chi connectivity index (χ0v) is 15.4. The Kier molecular flexibility index (Phi) is 6.62. The molecule has 124 valence electrons. The summed E-state index contributed by atoms with van der Waals surface area (Å²) in [5, 5.41) is 0.